The minimum atomic E-state index is -0.709. The quantitative estimate of drug-likeness (QED) is 0.676. The van der Waals surface area contributed by atoms with Crippen LogP contribution in [0, 0.1) is 0 Å². The lowest BCUT2D eigenvalue weighted by Crippen LogP contribution is -2.21. The third kappa shape index (κ3) is 4.20. The molecule has 1 amide bonds. The Bertz CT molecular complexity index is 691. The predicted octanol–water partition coefficient (Wildman–Crippen LogP) is 2.54. The highest BCUT2D eigenvalue weighted by atomic mass is 35.5. The lowest BCUT2D eigenvalue weighted by molar-refractivity contribution is -0.119. The molecule has 0 aliphatic heterocycles. The number of nitrogens with zero attached hydrogens (tertiary/aromatic N) is 1. The van der Waals surface area contributed by atoms with Gasteiger partial charge in [-0.3, -0.25) is 4.79 Å². The van der Waals surface area contributed by atoms with Crippen molar-refractivity contribution in [1.82, 2.24) is 4.98 Å². The number of amides is 1. The van der Waals surface area contributed by atoms with E-state index in [-0.39, 0.29) is 10.7 Å². The van der Waals surface area contributed by atoms with E-state index in [0.717, 1.165) is 0 Å². The number of nitrogens with one attached hydrogen (secondary N) is 1. The van der Waals surface area contributed by atoms with Crippen molar-refractivity contribution in [2.24, 2.45) is 0 Å². The van der Waals surface area contributed by atoms with Gasteiger partial charge in [0.25, 0.3) is 5.91 Å². The van der Waals surface area contributed by atoms with Crippen LogP contribution in [0.1, 0.15) is 10.4 Å². The molecule has 0 aliphatic carbocycles. The minimum absolute atomic E-state index is 0.0284. The van der Waals surface area contributed by atoms with Crippen LogP contribution in [0.3, 0.4) is 0 Å². The topological polar surface area (TPSA) is 77.5 Å². The maximum absolute atomic E-state index is 11.8. The lowest BCUT2D eigenvalue weighted by atomic mass is 10.3. The minimum Gasteiger partial charge on any atom is -0.497 e. The van der Waals surface area contributed by atoms with Gasteiger partial charge in [0, 0.05) is 18.0 Å². The number of hydrogen-bond acceptors (Lipinski definition) is 5. The van der Waals surface area contributed by atoms with Gasteiger partial charge in [-0.25, -0.2) is 9.78 Å². The van der Waals surface area contributed by atoms with E-state index in [0.29, 0.717) is 11.4 Å². The summed E-state index contributed by atoms with van der Waals surface area (Å²) in [6.07, 6.45) is 1.45. The van der Waals surface area contributed by atoms with Crippen LogP contribution >= 0.6 is 11.6 Å². The first-order valence-corrected chi connectivity index (χ1v) is 6.69. The summed E-state index contributed by atoms with van der Waals surface area (Å²) in [7, 11) is 1.53. The molecule has 0 bridgehead atoms. The van der Waals surface area contributed by atoms with Crippen LogP contribution in [0.15, 0.2) is 42.6 Å². The SMILES string of the molecule is COc1cccc(NC(=O)COC(=O)c2cccnc2Cl)c1. The second kappa shape index (κ2) is 7.42. The Labute approximate surface area is 132 Å². The van der Waals surface area contributed by atoms with Gasteiger partial charge in [0.2, 0.25) is 0 Å². The molecule has 0 fully saturated rings. The van der Waals surface area contributed by atoms with Gasteiger partial charge in [-0.2, -0.15) is 0 Å². The van der Waals surface area contributed by atoms with Gasteiger partial charge in [-0.15, -0.1) is 0 Å². The van der Waals surface area contributed by atoms with E-state index in [1.807, 2.05) is 0 Å². The van der Waals surface area contributed by atoms with E-state index in [1.54, 1.807) is 30.3 Å². The van der Waals surface area contributed by atoms with Gasteiger partial charge in [-0.1, -0.05) is 17.7 Å². The molecular formula is C15H13ClN2O4. The number of aromatic nitrogens is 1. The number of esters is 1. The molecule has 0 radical (unpaired) electrons. The molecule has 0 atom stereocenters. The molecule has 2 rings (SSSR count). The van der Waals surface area contributed by atoms with E-state index in [2.05, 4.69) is 10.3 Å². The highest BCUT2D eigenvalue weighted by Crippen LogP contribution is 2.17. The maximum atomic E-state index is 11.8. The molecule has 0 spiro atoms. The number of pyridine rings is 1. The van der Waals surface area contributed by atoms with Gasteiger partial charge >= 0.3 is 5.97 Å². The summed E-state index contributed by atoms with van der Waals surface area (Å²) < 4.78 is 9.94. The Morgan fingerprint density at radius 2 is 2.09 bits per heavy atom. The Morgan fingerprint density at radius 1 is 1.27 bits per heavy atom. The molecule has 1 aromatic heterocycles. The number of carbonyl (C=O) groups is 2. The Morgan fingerprint density at radius 3 is 2.82 bits per heavy atom. The summed E-state index contributed by atoms with van der Waals surface area (Å²) in [5.41, 5.74) is 0.651. The van der Waals surface area contributed by atoms with Crippen molar-refractivity contribution in [2.45, 2.75) is 0 Å². The van der Waals surface area contributed by atoms with Crippen LogP contribution in [0.5, 0.6) is 5.75 Å². The first-order chi connectivity index (χ1) is 10.6. The summed E-state index contributed by atoms with van der Waals surface area (Å²) in [4.78, 5) is 27.3. The average molecular weight is 321 g/mol. The zero-order valence-corrected chi connectivity index (χ0v) is 12.5. The van der Waals surface area contributed by atoms with Crippen LogP contribution in [-0.4, -0.2) is 30.6 Å². The smallest absolute Gasteiger partial charge is 0.341 e. The van der Waals surface area contributed by atoms with Gasteiger partial charge in [0.1, 0.15) is 10.9 Å². The van der Waals surface area contributed by atoms with Crippen LogP contribution in [-0.2, 0) is 9.53 Å². The Kier molecular flexibility index (Phi) is 5.32. The number of halogens is 1. The molecule has 2 aromatic rings. The number of anilines is 1. The fourth-order valence-corrected chi connectivity index (χ4v) is 1.84. The zero-order valence-electron chi connectivity index (χ0n) is 11.7. The molecule has 0 saturated carbocycles. The number of rotatable bonds is 5. The average Bonchev–Trinajstić information content (AvgIpc) is 2.53. The third-order valence-corrected chi connectivity index (χ3v) is 2.97. The van der Waals surface area contributed by atoms with Crippen molar-refractivity contribution < 1.29 is 19.1 Å². The lowest BCUT2D eigenvalue weighted by Gasteiger charge is -2.08. The molecule has 6 nitrogen and oxygen atoms in total. The van der Waals surface area contributed by atoms with Gasteiger partial charge < -0.3 is 14.8 Å². The number of ether oxygens (including phenoxy) is 2. The van der Waals surface area contributed by atoms with Crippen molar-refractivity contribution in [3.05, 3.63) is 53.3 Å². The summed E-state index contributed by atoms with van der Waals surface area (Å²) in [5.74, 6) is -0.572. The molecule has 7 heteroatoms. The molecule has 1 aromatic carbocycles. The number of methoxy groups -OCH3 is 1. The first kappa shape index (κ1) is 15.8. The second-order valence-corrected chi connectivity index (χ2v) is 4.56. The van der Waals surface area contributed by atoms with Crippen LogP contribution in [0.2, 0.25) is 5.15 Å². The van der Waals surface area contributed by atoms with Crippen molar-refractivity contribution in [3.63, 3.8) is 0 Å². The van der Waals surface area contributed by atoms with E-state index in [9.17, 15) is 9.59 Å². The van der Waals surface area contributed by atoms with Gasteiger partial charge in [0.05, 0.1) is 12.7 Å². The van der Waals surface area contributed by atoms with Crippen molar-refractivity contribution in [3.8, 4) is 5.75 Å². The highest BCUT2D eigenvalue weighted by Gasteiger charge is 2.14. The number of carbonyl (C=O) groups excluding carboxylic acids is 2. The van der Waals surface area contributed by atoms with Crippen molar-refractivity contribution in [2.75, 3.05) is 19.0 Å². The van der Waals surface area contributed by atoms with E-state index in [1.165, 1.54) is 19.4 Å². The normalized spacial score (nSPS) is 9.91. The molecular weight excluding hydrogens is 308 g/mol. The largest absolute Gasteiger partial charge is 0.497 e. The Balaban J connectivity index is 1.90. The van der Waals surface area contributed by atoms with Crippen LogP contribution < -0.4 is 10.1 Å². The molecule has 0 saturated heterocycles. The Hall–Kier alpha value is -2.60. The molecule has 0 aliphatic rings. The van der Waals surface area contributed by atoms with Crippen LogP contribution in [0.25, 0.3) is 0 Å². The molecule has 1 N–H and O–H groups in total. The molecule has 0 unspecified atom stereocenters. The summed E-state index contributed by atoms with van der Waals surface area (Å²) in [5, 5.41) is 2.62. The first-order valence-electron chi connectivity index (χ1n) is 6.31. The van der Waals surface area contributed by atoms with E-state index in [4.69, 9.17) is 21.1 Å². The maximum Gasteiger partial charge on any atom is 0.341 e. The standard InChI is InChI=1S/C15H13ClN2O4/c1-21-11-5-2-4-10(8-11)18-13(19)9-22-15(20)12-6-3-7-17-14(12)16/h2-8H,9H2,1H3,(H,18,19). The summed E-state index contributed by atoms with van der Waals surface area (Å²) in [6, 6.07) is 9.85. The second-order valence-electron chi connectivity index (χ2n) is 4.20. The van der Waals surface area contributed by atoms with Crippen LogP contribution in [0.4, 0.5) is 5.69 Å². The van der Waals surface area contributed by atoms with Gasteiger partial charge in [-0.05, 0) is 24.3 Å². The fourth-order valence-electron chi connectivity index (χ4n) is 1.65. The van der Waals surface area contributed by atoms with Crippen molar-refractivity contribution >= 4 is 29.2 Å². The molecule has 114 valence electrons. The fraction of sp³-hybridized carbons (Fsp3) is 0.133. The van der Waals surface area contributed by atoms with Crippen molar-refractivity contribution in [1.29, 1.82) is 0 Å². The van der Waals surface area contributed by atoms with E-state index >= 15 is 0 Å². The third-order valence-electron chi connectivity index (χ3n) is 2.67. The van der Waals surface area contributed by atoms with E-state index < -0.39 is 18.5 Å². The predicted molar refractivity (Wildman–Crippen MR) is 81.2 cm³/mol. The summed E-state index contributed by atoms with van der Waals surface area (Å²) >= 11 is 5.77. The van der Waals surface area contributed by atoms with Gasteiger partial charge in [0.15, 0.2) is 6.61 Å². The zero-order chi connectivity index (χ0) is 15.9. The summed E-state index contributed by atoms with van der Waals surface area (Å²) in [6.45, 7) is -0.429. The number of benzene rings is 1. The monoisotopic (exact) mass is 320 g/mol. The number of hydrogen-bond donors (Lipinski definition) is 1. The molecule has 1 heterocycles. The molecule has 22 heavy (non-hydrogen) atoms. The highest BCUT2D eigenvalue weighted by molar-refractivity contribution is 6.32.